The molecule has 1 heterocycles. The summed E-state index contributed by atoms with van der Waals surface area (Å²) in [5.74, 6) is 3.28. The SMILES string of the molecule is COc1ccc2c(c1)OCC(c1ccc(OC)cc1O[Si](C)(C)C(C)(C)C)=C2. The number of fused-ring (bicyclic) bond motifs is 1. The molecule has 0 bridgehead atoms. The summed E-state index contributed by atoms with van der Waals surface area (Å²) in [7, 11) is 1.34. The molecule has 3 rings (SSSR count). The maximum absolute atomic E-state index is 6.66. The van der Waals surface area contributed by atoms with Gasteiger partial charge in [0.25, 0.3) is 8.32 Å². The molecule has 2 aromatic carbocycles. The van der Waals surface area contributed by atoms with Gasteiger partial charge >= 0.3 is 0 Å². The van der Waals surface area contributed by atoms with E-state index in [0.717, 1.165) is 39.7 Å². The third kappa shape index (κ3) is 4.04. The van der Waals surface area contributed by atoms with Crippen molar-refractivity contribution in [3.05, 3.63) is 47.5 Å². The highest BCUT2D eigenvalue weighted by atomic mass is 28.4. The normalized spacial score (nSPS) is 13.9. The van der Waals surface area contributed by atoms with Crippen molar-refractivity contribution >= 4 is 20.0 Å². The van der Waals surface area contributed by atoms with Gasteiger partial charge in [-0.3, -0.25) is 0 Å². The van der Waals surface area contributed by atoms with E-state index in [1.54, 1.807) is 14.2 Å². The average Bonchev–Trinajstić information content (AvgIpc) is 2.65. The first-order valence-corrected chi connectivity index (χ1v) is 12.4. The van der Waals surface area contributed by atoms with Crippen LogP contribution >= 0.6 is 0 Å². The molecular formula is C23H30O4Si. The van der Waals surface area contributed by atoms with E-state index in [-0.39, 0.29) is 5.04 Å². The highest BCUT2D eigenvalue weighted by Gasteiger charge is 2.39. The van der Waals surface area contributed by atoms with E-state index in [2.05, 4.69) is 46.0 Å². The van der Waals surface area contributed by atoms with Crippen molar-refractivity contribution in [3.63, 3.8) is 0 Å². The molecule has 28 heavy (non-hydrogen) atoms. The van der Waals surface area contributed by atoms with E-state index in [4.69, 9.17) is 18.6 Å². The van der Waals surface area contributed by atoms with Gasteiger partial charge in [0.2, 0.25) is 0 Å². The molecule has 5 heteroatoms. The van der Waals surface area contributed by atoms with Crippen LogP contribution in [0, 0.1) is 0 Å². The standard InChI is InChI=1S/C23H30O4Si/c1-23(2,3)28(6,7)27-22-14-19(25-5)10-11-20(22)17-12-16-8-9-18(24-4)13-21(16)26-15-17/h8-14H,15H2,1-7H3. The van der Waals surface area contributed by atoms with Gasteiger partial charge in [-0.2, -0.15) is 0 Å². The Morgan fingerprint density at radius 1 is 0.929 bits per heavy atom. The van der Waals surface area contributed by atoms with Crippen molar-refractivity contribution < 1.29 is 18.6 Å². The molecule has 0 radical (unpaired) electrons. The zero-order chi connectivity index (χ0) is 20.5. The van der Waals surface area contributed by atoms with Crippen molar-refractivity contribution in [2.75, 3.05) is 20.8 Å². The maximum atomic E-state index is 6.66. The molecule has 0 saturated heterocycles. The Balaban J connectivity index is 2.03. The molecule has 2 aromatic rings. The molecule has 0 fully saturated rings. The zero-order valence-corrected chi connectivity index (χ0v) is 18.9. The van der Waals surface area contributed by atoms with Crippen molar-refractivity contribution in [3.8, 4) is 23.0 Å². The second-order valence-electron chi connectivity index (χ2n) is 8.59. The van der Waals surface area contributed by atoms with Crippen LogP contribution in [0.15, 0.2) is 36.4 Å². The largest absolute Gasteiger partial charge is 0.543 e. The molecule has 0 spiro atoms. The van der Waals surface area contributed by atoms with Gasteiger partial charge in [0.1, 0.15) is 29.6 Å². The van der Waals surface area contributed by atoms with Crippen molar-refractivity contribution in [1.29, 1.82) is 0 Å². The number of hydrogen-bond donors (Lipinski definition) is 0. The third-order valence-corrected chi connectivity index (χ3v) is 9.98. The lowest BCUT2D eigenvalue weighted by Crippen LogP contribution is -2.44. The monoisotopic (exact) mass is 398 g/mol. The first-order valence-electron chi connectivity index (χ1n) is 9.53. The van der Waals surface area contributed by atoms with Gasteiger partial charge in [-0.25, -0.2) is 0 Å². The summed E-state index contributed by atoms with van der Waals surface area (Å²) < 4.78 is 23.4. The van der Waals surface area contributed by atoms with Gasteiger partial charge in [-0.1, -0.05) is 20.8 Å². The van der Waals surface area contributed by atoms with E-state index in [1.165, 1.54) is 0 Å². The summed E-state index contributed by atoms with van der Waals surface area (Å²) in [5.41, 5.74) is 3.18. The van der Waals surface area contributed by atoms with Crippen LogP contribution in [0.4, 0.5) is 0 Å². The van der Waals surface area contributed by atoms with Gasteiger partial charge in [0, 0.05) is 28.8 Å². The topological polar surface area (TPSA) is 36.9 Å². The lowest BCUT2D eigenvalue weighted by molar-refractivity contribution is 0.358. The molecule has 0 saturated carbocycles. The van der Waals surface area contributed by atoms with Crippen LogP contribution in [0.1, 0.15) is 31.9 Å². The predicted octanol–water partition coefficient (Wildman–Crippen LogP) is 6.02. The van der Waals surface area contributed by atoms with Crippen LogP contribution in [0.5, 0.6) is 23.0 Å². The van der Waals surface area contributed by atoms with Crippen molar-refractivity contribution in [1.82, 2.24) is 0 Å². The Labute approximate surface area is 169 Å². The molecule has 0 aliphatic carbocycles. The molecule has 0 unspecified atom stereocenters. The highest BCUT2D eigenvalue weighted by Crippen LogP contribution is 2.42. The molecule has 0 atom stereocenters. The Bertz CT molecular complexity index is 894. The third-order valence-electron chi connectivity index (χ3n) is 5.64. The number of ether oxygens (including phenoxy) is 3. The molecule has 4 nitrogen and oxygen atoms in total. The molecule has 1 aliphatic heterocycles. The predicted molar refractivity (Wildman–Crippen MR) is 117 cm³/mol. The number of methoxy groups -OCH3 is 2. The lowest BCUT2D eigenvalue weighted by atomic mass is 10.00. The molecule has 0 N–H and O–H groups in total. The van der Waals surface area contributed by atoms with Crippen LogP contribution in [0.25, 0.3) is 11.6 Å². The highest BCUT2D eigenvalue weighted by molar-refractivity contribution is 6.74. The quantitative estimate of drug-likeness (QED) is 0.577. The summed E-state index contributed by atoms with van der Waals surface area (Å²) >= 11 is 0. The van der Waals surface area contributed by atoms with E-state index in [9.17, 15) is 0 Å². The molecule has 150 valence electrons. The van der Waals surface area contributed by atoms with Gasteiger partial charge in [-0.15, -0.1) is 0 Å². The van der Waals surface area contributed by atoms with E-state index in [0.29, 0.717) is 6.61 Å². The smallest absolute Gasteiger partial charge is 0.250 e. The number of rotatable bonds is 5. The van der Waals surface area contributed by atoms with Gasteiger partial charge in [-0.05, 0) is 48.5 Å². The second kappa shape index (κ2) is 7.55. The summed E-state index contributed by atoms with van der Waals surface area (Å²) in [5, 5.41) is 0.105. The fraction of sp³-hybridized carbons (Fsp3) is 0.391. The van der Waals surface area contributed by atoms with Crippen LogP contribution < -0.4 is 18.6 Å². The van der Waals surface area contributed by atoms with Gasteiger partial charge in [0.05, 0.1) is 14.2 Å². The fourth-order valence-electron chi connectivity index (χ4n) is 2.83. The summed E-state index contributed by atoms with van der Waals surface area (Å²) in [6, 6.07) is 11.9. The Kier molecular flexibility index (Phi) is 5.48. The van der Waals surface area contributed by atoms with Crippen molar-refractivity contribution in [2.24, 2.45) is 0 Å². The first kappa shape index (κ1) is 20.3. The number of benzene rings is 2. The van der Waals surface area contributed by atoms with Crippen LogP contribution in [-0.2, 0) is 0 Å². The summed E-state index contributed by atoms with van der Waals surface area (Å²) in [4.78, 5) is 0. The molecule has 0 amide bonds. The van der Waals surface area contributed by atoms with Gasteiger partial charge < -0.3 is 18.6 Å². The van der Waals surface area contributed by atoms with E-state index >= 15 is 0 Å². The molecular weight excluding hydrogens is 368 g/mol. The van der Waals surface area contributed by atoms with Crippen molar-refractivity contribution in [2.45, 2.75) is 38.9 Å². The number of hydrogen-bond acceptors (Lipinski definition) is 4. The fourth-order valence-corrected chi connectivity index (χ4v) is 3.86. The Hall–Kier alpha value is -2.40. The van der Waals surface area contributed by atoms with E-state index < -0.39 is 8.32 Å². The maximum Gasteiger partial charge on any atom is 0.250 e. The lowest BCUT2D eigenvalue weighted by Gasteiger charge is -2.37. The van der Waals surface area contributed by atoms with Crippen LogP contribution in [0.2, 0.25) is 18.1 Å². The summed E-state index contributed by atoms with van der Waals surface area (Å²) in [6.07, 6.45) is 2.17. The first-order chi connectivity index (χ1) is 13.1. The van der Waals surface area contributed by atoms with Crippen LogP contribution in [-0.4, -0.2) is 29.1 Å². The zero-order valence-electron chi connectivity index (χ0n) is 17.9. The minimum atomic E-state index is -2.00. The minimum absolute atomic E-state index is 0.105. The minimum Gasteiger partial charge on any atom is -0.543 e. The average molecular weight is 399 g/mol. The Morgan fingerprint density at radius 2 is 1.57 bits per heavy atom. The second-order valence-corrected chi connectivity index (χ2v) is 13.3. The molecule has 0 aromatic heterocycles. The Morgan fingerprint density at radius 3 is 2.21 bits per heavy atom. The molecule has 1 aliphatic rings. The van der Waals surface area contributed by atoms with Crippen LogP contribution in [0.3, 0.4) is 0 Å². The van der Waals surface area contributed by atoms with E-state index in [1.807, 2.05) is 30.3 Å². The summed E-state index contributed by atoms with van der Waals surface area (Å²) in [6.45, 7) is 11.7. The van der Waals surface area contributed by atoms with Gasteiger partial charge in [0.15, 0.2) is 0 Å².